The lowest BCUT2D eigenvalue weighted by molar-refractivity contribution is -0.220. The first kappa shape index (κ1) is 63.8. The van der Waals surface area contributed by atoms with Gasteiger partial charge in [-0.1, -0.05) is 189 Å². The molecule has 0 amide bonds. The maximum absolute atomic E-state index is 12.9. The van der Waals surface area contributed by atoms with Gasteiger partial charge in [0.25, 0.3) is 0 Å². The molecule has 0 saturated heterocycles. The molecule has 1 aliphatic rings. The Labute approximate surface area is 412 Å². The van der Waals surface area contributed by atoms with Crippen LogP contribution in [0.15, 0.2) is 72.9 Å². The molecule has 1 aliphatic carbocycles. The van der Waals surface area contributed by atoms with Gasteiger partial charge in [0.05, 0.1) is 13.2 Å². The lowest BCUT2D eigenvalue weighted by Crippen LogP contribution is -2.64. The molecule has 0 radical (unpaired) electrons. The molecule has 13 heteroatoms. The van der Waals surface area contributed by atoms with Gasteiger partial charge in [-0.25, -0.2) is 4.57 Å². The average Bonchev–Trinajstić information content (AvgIpc) is 3.32. The molecular formula is C55H97O12P. The standard InChI is InChI=1S/C55H97O12P/c1-3-5-7-9-11-13-15-17-19-21-23-24-25-26-27-28-30-32-34-36-38-40-42-44-49(56)66-48(47-65-68(62,63)67-55-53(60)51(58)50(57)52(59)54(55)61)46-64-45-43-41-39-37-35-33-31-29-22-20-18-16-14-12-10-8-6-4-2/h6,8,12,14,18,20-21,23,29,31,35,37,48,50-55,57-61H,3-5,7,9-11,13,15-17,19,22,24-28,30,32-34,36,38-47H2,1-2H3,(H,62,63)/b8-6-,14-12-,20-18-,23-21-,31-29-,37-35-. The normalized spacial score (nSPS) is 21.7. The highest BCUT2D eigenvalue weighted by Gasteiger charge is 2.51. The highest BCUT2D eigenvalue weighted by Crippen LogP contribution is 2.47. The van der Waals surface area contributed by atoms with Gasteiger partial charge in [-0.3, -0.25) is 13.8 Å². The van der Waals surface area contributed by atoms with E-state index in [1.165, 1.54) is 109 Å². The molecule has 0 aromatic heterocycles. The number of aliphatic hydroxyl groups is 5. The molecule has 1 saturated carbocycles. The SMILES string of the molecule is CC/C=C\C/C=C\C/C=C\C/C=C\C/C=C\CCCCOCC(COP(=O)(O)OC1C(O)C(O)C(O)C(O)C1O)OC(=O)CCCCCCCCCCCCC/C=C\CCCCCCCCCC. The minimum absolute atomic E-state index is 0.109. The summed E-state index contributed by atoms with van der Waals surface area (Å²) in [5, 5.41) is 50.3. The zero-order valence-corrected chi connectivity index (χ0v) is 43.3. The highest BCUT2D eigenvalue weighted by molar-refractivity contribution is 7.47. The molecule has 1 rings (SSSR count). The van der Waals surface area contributed by atoms with E-state index >= 15 is 0 Å². The molecular weight excluding hydrogens is 884 g/mol. The molecule has 6 unspecified atom stereocenters. The van der Waals surface area contributed by atoms with Crippen molar-refractivity contribution in [2.75, 3.05) is 19.8 Å². The van der Waals surface area contributed by atoms with Crippen molar-refractivity contribution in [2.45, 2.75) is 249 Å². The number of esters is 1. The topological polar surface area (TPSA) is 192 Å². The Hall–Kier alpha value is -2.22. The number of aliphatic hydroxyl groups excluding tert-OH is 5. The smallest absolute Gasteiger partial charge is 0.457 e. The Morgan fingerprint density at radius 1 is 0.485 bits per heavy atom. The molecule has 394 valence electrons. The second kappa shape index (κ2) is 44.7. The second-order valence-electron chi connectivity index (χ2n) is 18.3. The Bertz CT molecular complexity index is 1400. The van der Waals surface area contributed by atoms with Crippen molar-refractivity contribution in [1.29, 1.82) is 0 Å². The molecule has 1 fully saturated rings. The van der Waals surface area contributed by atoms with Crippen LogP contribution < -0.4 is 0 Å². The molecule has 0 spiro atoms. The molecule has 0 aliphatic heterocycles. The highest BCUT2D eigenvalue weighted by atomic mass is 31.2. The summed E-state index contributed by atoms with van der Waals surface area (Å²) in [6, 6.07) is 0. The van der Waals surface area contributed by atoms with Gasteiger partial charge in [-0.15, -0.1) is 0 Å². The Morgan fingerprint density at radius 2 is 0.868 bits per heavy atom. The third-order valence-corrected chi connectivity index (χ3v) is 13.0. The number of allylic oxidation sites excluding steroid dienone is 12. The first-order valence-corrected chi connectivity index (χ1v) is 28.3. The van der Waals surface area contributed by atoms with Crippen molar-refractivity contribution in [2.24, 2.45) is 0 Å². The number of ether oxygens (including phenoxy) is 2. The van der Waals surface area contributed by atoms with E-state index in [4.69, 9.17) is 18.5 Å². The lowest BCUT2D eigenvalue weighted by Gasteiger charge is -2.41. The van der Waals surface area contributed by atoms with E-state index in [1.807, 2.05) is 0 Å². The largest absolute Gasteiger partial charge is 0.472 e. The van der Waals surface area contributed by atoms with Crippen LogP contribution in [0.3, 0.4) is 0 Å². The molecule has 0 heterocycles. The number of carbonyl (C=O) groups is 1. The number of phosphoric acid groups is 1. The van der Waals surface area contributed by atoms with Gasteiger partial charge in [0.2, 0.25) is 0 Å². The van der Waals surface area contributed by atoms with Gasteiger partial charge in [-0.05, 0) is 83.5 Å². The van der Waals surface area contributed by atoms with Crippen LogP contribution in [0.5, 0.6) is 0 Å². The molecule has 0 aromatic carbocycles. The van der Waals surface area contributed by atoms with Crippen LogP contribution >= 0.6 is 7.82 Å². The van der Waals surface area contributed by atoms with Crippen LogP contribution in [0, 0.1) is 0 Å². The fourth-order valence-electron chi connectivity index (χ4n) is 7.85. The van der Waals surface area contributed by atoms with E-state index in [1.54, 1.807) is 0 Å². The van der Waals surface area contributed by atoms with Crippen molar-refractivity contribution in [3.63, 3.8) is 0 Å². The number of hydrogen-bond acceptors (Lipinski definition) is 11. The van der Waals surface area contributed by atoms with Crippen molar-refractivity contribution >= 4 is 13.8 Å². The second-order valence-corrected chi connectivity index (χ2v) is 19.7. The van der Waals surface area contributed by atoms with Crippen LogP contribution in [0.4, 0.5) is 0 Å². The number of unbranched alkanes of at least 4 members (excludes halogenated alkanes) is 21. The van der Waals surface area contributed by atoms with Crippen LogP contribution in [0.2, 0.25) is 0 Å². The third kappa shape index (κ3) is 35.8. The minimum atomic E-state index is -5.04. The molecule has 6 N–H and O–H groups in total. The number of rotatable bonds is 45. The van der Waals surface area contributed by atoms with Crippen LogP contribution in [-0.4, -0.2) is 98.9 Å². The Morgan fingerprint density at radius 3 is 1.34 bits per heavy atom. The quantitative estimate of drug-likeness (QED) is 0.0147. The fraction of sp³-hybridized carbons (Fsp3) is 0.764. The zero-order chi connectivity index (χ0) is 49.8. The fourth-order valence-corrected chi connectivity index (χ4v) is 8.82. The number of phosphoric ester groups is 1. The predicted molar refractivity (Wildman–Crippen MR) is 276 cm³/mol. The molecule has 68 heavy (non-hydrogen) atoms. The Balaban J connectivity index is 2.35. The van der Waals surface area contributed by atoms with Gasteiger partial charge in [0.15, 0.2) is 0 Å². The molecule has 0 bridgehead atoms. The van der Waals surface area contributed by atoms with Gasteiger partial charge < -0.3 is 39.9 Å². The van der Waals surface area contributed by atoms with E-state index < -0.39 is 63.1 Å². The van der Waals surface area contributed by atoms with E-state index in [9.17, 15) is 39.8 Å². The van der Waals surface area contributed by atoms with E-state index in [2.05, 4.69) is 86.8 Å². The minimum Gasteiger partial charge on any atom is -0.457 e. The van der Waals surface area contributed by atoms with Crippen molar-refractivity contribution in [1.82, 2.24) is 0 Å². The third-order valence-electron chi connectivity index (χ3n) is 12.1. The lowest BCUT2D eigenvalue weighted by atomic mass is 9.85. The summed E-state index contributed by atoms with van der Waals surface area (Å²) < 4.78 is 34.3. The molecule has 0 aromatic rings. The number of hydrogen-bond donors (Lipinski definition) is 6. The predicted octanol–water partition coefficient (Wildman–Crippen LogP) is 12.3. The summed E-state index contributed by atoms with van der Waals surface area (Å²) in [4.78, 5) is 23.3. The van der Waals surface area contributed by atoms with Gasteiger partial charge in [0, 0.05) is 13.0 Å². The maximum atomic E-state index is 12.9. The summed E-state index contributed by atoms with van der Waals surface area (Å²) in [6.07, 6.45) is 46.9. The summed E-state index contributed by atoms with van der Waals surface area (Å²) in [6.45, 7) is 4.06. The van der Waals surface area contributed by atoms with Crippen LogP contribution in [0.1, 0.15) is 206 Å². The monoisotopic (exact) mass is 981 g/mol. The van der Waals surface area contributed by atoms with Crippen molar-refractivity contribution in [3.05, 3.63) is 72.9 Å². The van der Waals surface area contributed by atoms with Gasteiger partial charge in [0.1, 0.15) is 42.7 Å². The van der Waals surface area contributed by atoms with Crippen LogP contribution in [-0.2, 0) is 27.9 Å². The van der Waals surface area contributed by atoms with Crippen molar-refractivity contribution in [3.8, 4) is 0 Å². The number of carbonyl (C=O) groups excluding carboxylic acids is 1. The summed E-state index contributed by atoms with van der Waals surface area (Å²) in [5.41, 5.74) is 0. The van der Waals surface area contributed by atoms with E-state index in [0.717, 1.165) is 70.6 Å². The van der Waals surface area contributed by atoms with Gasteiger partial charge >= 0.3 is 13.8 Å². The first-order valence-electron chi connectivity index (χ1n) is 26.8. The summed E-state index contributed by atoms with van der Waals surface area (Å²) >= 11 is 0. The molecule has 12 nitrogen and oxygen atoms in total. The zero-order valence-electron chi connectivity index (χ0n) is 42.4. The summed E-state index contributed by atoms with van der Waals surface area (Å²) in [7, 11) is -5.04. The van der Waals surface area contributed by atoms with Gasteiger partial charge in [-0.2, -0.15) is 0 Å². The first-order chi connectivity index (χ1) is 33.0. The summed E-state index contributed by atoms with van der Waals surface area (Å²) in [5.74, 6) is -0.494. The van der Waals surface area contributed by atoms with Crippen molar-refractivity contribution < 1.29 is 58.3 Å². The van der Waals surface area contributed by atoms with E-state index in [0.29, 0.717) is 13.0 Å². The average molecular weight is 981 g/mol. The van der Waals surface area contributed by atoms with Crippen LogP contribution in [0.25, 0.3) is 0 Å². The Kier molecular flexibility index (Phi) is 41.9. The molecule has 6 atom stereocenters. The van der Waals surface area contributed by atoms with E-state index in [-0.39, 0.29) is 13.0 Å². The maximum Gasteiger partial charge on any atom is 0.472 e.